The van der Waals surface area contributed by atoms with Gasteiger partial charge in [0.1, 0.15) is 0 Å². The summed E-state index contributed by atoms with van der Waals surface area (Å²) in [6, 6.07) is 4.80. The zero-order chi connectivity index (χ0) is 11.7. The normalized spacial score (nSPS) is 12.0. The fraction of sp³-hybridized carbons (Fsp3) is 0.429. The zero-order valence-electron chi connectivity index (χ0n) is 10.6. The van der Waals surface area contributed by atoms with Crippen LogP contribution in [0, 0.1) is 27.7 Å². The van der Waals surface area contributed by atoms with Crippen LogP contribution in [0.25, 0.3) is 0 Å². The third kappa shape index (κ3) is 2.62. The van der Waals surface area contributed by atoms with Crippen LogP contribution in [0.3, 0.4) is 0 Å². The Kier molecular flexibility index (Phi) is 3.63. The van der Waals surface area contributed by atoms with Crippen molar-refractivity contribution in [1.29, 1.82) is 0 Å². The summed E-state index contributed by atoms with van der Waals surface area (Å²) in [5.41, 5.74) is 3.19. The van der Waals surface area contributed by atoms with E-state index in [1.807, 2.05) is 0 Å². The van der Waals surface area contributed by atoms with Crippen molar-refractivity contribution in [3.05, 3.63) is 44.4 Å². The molecule has 0 fully saturated rings. The van der Waals surface area contributed by atoms with Crippen molar-refractivity contribution in [2.75, 3.05) is 0 Å². The van der Waals surface area contributed by atoms with Crippen molar-refractivity contribution < 1.29 is 0 Å². The summed E-state index contributed by atoms with van der Waals surface area (Å²) >= 11 is 0. The molecule has 2 aromatic rings. The Morgan fingerprint density at radius 2 is 1.12 bits per heavy atom. The lowest BCUT2D eigenvalue weighted by Crippen LogP contribution is -1.90. The fourth-order valence-electron chi connectivity index (χ4n) is 2.35. The highest BCUT2D eigenvalue weighted by atomic mass is 31.0. The van der Waals surface area contributed by atoms with E-state index in [0.29, 0.717) is 0 Å². The van der Waals surface area contributed by atoms with Gasteiger partial charge in [-0.05, 0) is 72.8 Å². The van der Waals surface area contributed by atoms with Crippen molar-refractivity contribution in [2.24, 2.45) is 0 Å². The van der Waals surface area contributed by atoms with E-state index < -0.39 is 0 Å². The van der Waals surface area contributed by atoms with Gasteiger partial charge in [-0.15, -0.1) is 16.4 Å². The van der Waals surface area contributed by atoms with Crippen LogP contribution in [-0.2, 0) is 12.8 Å². The molecule has 0 aromatic carbocycles. The minimum Gasteiger partial charge on any atom is -0.134 e. The van der Waals surface area contributed by atoms with Crippen LogP contribution < -0.4 is 0 Å². The molecule has 2 heterocycles. The highest BCUT2D eigenvalue weighted by Crippen LogP contribution is 2.29. The zero-order valence-corrected chi connectivity index (χ0v) is 12.6. The maximum absolute atomic E-state index is 2.40. The fourth-order valence-corrected chi connectivity index (χ4v) is 4.74. The summed E-state index contributed by atoms with van der Waals surface area (Å²) in [5.74, 6) is 0. The smallest absolute Gasteiger partial charge is 0.0232 e. The molecule has 86 valence electrons. The molecule has 0 radical (unpaired) electrons. The molecule has 2 rings (SSSR count). The van der Waals surface area contributed by atoms with Crippen molar-refractivity contribution in [3.63, 3.8) is 0 Å². The minimum absolute atomic E-state index is 0.957. The summed E-state index contributed by atoms with van der Waals surface area (Å²) in [6.45, 7) is 9.08. The molecule has 0 aliphatic heterocycles. The predicted octanol–water partition coefficient (Wildman–Crippen LogP) is 4.77. The average Bonchev–Trinajstić information content (AvgIpc) is 2.66. The summed E-state index contributed by atoms with van der Waals surface area (Å²) in [5, 5.41) is 6.32. The molecule has 2 heteroatoms. The standard InChI is InChI=1S/C14H20P2/c1-9-7-13(11(3)15-9)5-6-14-8-10(2)16-12(14)4/h7-8,15-16H,5-6H2,1-4H3. The Bertz CT molecular complexity index is 443. The SMILES string of the molecule is Cc1cc(CCc2cc(C)[pH]c2C)c(C)[pH]1. The van der Waals surface area contributed by atoms with Crippen molar-refractivity contribution in [2.45, 2.75) is 40.5 Å². The summed E-state index contributed by atoms with van der Waals surface area (Å²) in [4.78, 5) is 0. The Balaban J connectivity index is 2.07. The number of hydrogen-bond donors (Lipinski definition) is 0. The number of aryl methyl sites for hydroxylation is 6. The van der Waals surface area contributed by atoms with Gasteiger partial charge in [-0.1, -0.05) is 12.1 Å². The Morgan fingerprint density at radius 1 is 0.750 bits per heavy atom. The van der Waals surface area contributed by atoms with E-state index >= 15 is 0 Å². The second-order valence-electron chi connectivity index (χ2n) is 4.71. The van der Waals surface area contributed by atoms with Crippen LogP contribution >= 0.6 is 16.4 Å². The first-order chi connectivity index (χ1) is 7.56. The highest BCUT2D eigenvalue weighted by molar-refractivity contribution is 7.32. The van der Waals surface area contributed by atoms with Gasteiger partial charge >= 0.3 is 0 Å². The van der Waals surface area contributed by atoms with Crippen LogP contribution in [-0.4, -0.2) is 0 Å². The lowest BCUT2D eigenvalue weighted by molar-refractivity contribution is 0.954. The first-order valence-corrected chi connectivity index (χ1v) is 7.86. The van der Waals surface area contributed by atoms with Gasteiger partial charge in [0.05, 0.1) is 0 Å². The van der Waals surface area contributed by atoms with Gasteiger partial charge in [-0.2, -0.15) is 0 Å². The van der Waals surface area contributed by atoms with Gasteiger partial charge in [-0.3, -0.25) is 0 Å². The molecule has 0 saturated carbocycles. The van der Waals surface area contributed by atoms with Crippen molar-refractivity contribution in [1.82, 2.24) is 0 Å². The summed E-state index contributed by atoms with van der Waals surface area (Å²) in [6.07, 6.45) is 2.47. The van der Waals surface area contributed by atoms with E-state index in [0.717, 1.165) is 16.4 Å². The van der Waals surface area contributed by atoms with E-state index in [4.69, 9.17) is 0 Å². The van der Waals surface area contributed by atoms with E-state index in [2.05, 4.69) is 39.8 Å². The molecule has 16 heavy (non-hydrogen) atoms. The van der Waals surface area contributed by atoms with Crippen LogP contribution in [0.5, 0.6) is 0 Å². The Hall–Kier alpha value is -0.440. The molecule has 0 saturated heterocycles. The Morgan fingerprint density at radius 3 is 1.38 bits per heavy atom. The van der Waals surface area contributed by atoms with Crippen LogP contribution in [0.15, 0.2) is 12.1 Å². The lowest BCUT2D eigenvalue weighted by Gasteiger charge is -2.01. The van der Waals surface area contributed by atoms with E-state index in [1.54, 1.807) is 32.3 Å². The second-order valence-corrected chi connectivity index (χ2v) is 8.28. The highest BCUT2D eigenvalue weighted by Gasteiger charge is 2.05. The third-order valence-electron chi connectivity index (χ3n) is 3.18. The number of hydrogen-bond acceptors (Lipinski definition) is 0. The van der Waals surface area contributed by atoms with E-state index in [-0.39, 0.29) is 0 Å². The maximum Gasteiger partial charge on any atom is -0.0232 e. The molecule has 2 unspecified atom stereocenters. The van der Waals surface area contributed by atoms with Crippen LogP contribution in [0.4, 0.5) is 0 Å². The van der Waals surface area contributed by atoms with Crippen LogP contribution in [0.2, 0.25) is 0 Å². The summed E-state index contributed by atoms with van der Waals surface area (Å²) < 4.78 is 0. The first-order valence-electron chi connectivity index (χ1n) is 5.86. The molecule has 0 spiro atoms. The van der Waals surface area contributed by atoms with Gasteiger partial charge < -0.3 is 0 Å². The Labute approximate surface area is 102 Å². The van der Waals surface area contributed by atoms with Gasteiger partial charge in [0, 0.05) is 0 Å². The molecular weight excluding hydrogens is 230 g/mol. The lowest BCUT2D eigenvalue weighted by atomic mass is 10.1. The maximum atomic E-state index is 2.40. The largest absolute Gasteiger partial charge is 0.134 e. The van der Waals surface area contributed by atoms with Gasteiger partial charge in [0.15, 0.2) is 0 Å². The molecule has 2 aromatic heterocycles. The topological polar surface area (TPSA) is 0 Å². The summed E-state index contributed by atoms with van der Waals surface area (Å²) in [7, 11) is 1.91. The van der Waals surface area contributed by atoms with E-state index in [1.165, 1.54) is 12.8 Å². The molecule has 0 bridgehead atoms. The van der Waals surface area contributed by atoms with Gasteiger partial charge in [0.25, 0.3) is 0 Å². The molecule has 0 aliphatic rings. The first kappa shape index (κ1) is 12.0. The molecule has 0 aliphatic carbocycles. The monoisotopic (exact) mass is 250 g/mol. The predicted molar refractivity (Wildman–Crippen MR) is 78.2 cm³/mol. The van der Waals surface area contributed by atoms with Crippen molar-refractivity contribution >= 4 is 16.4 Å². The molecule has 0 nitrogen and oxygen atoms in total. The molecule has 0 N–H and O–H groups in total. The second kappa shape index (κ2) is 4.82. The van der Waals surface area contributed by atoms with Gasteiger partial charge in [0.2, 0.25) is 0 Å². The van der Waals surface area contributed by atoms with Crippen LogP contribution in [0.1, 0.15) is 32.3 Å². The molecule has 0 amide bonds. The minimum atomic E-state index is 0.957. The van der Waals surface area contributed by atoms with Gasteiger partial charge in [-0.25, -0.2) is 0 Å². The average molecular weight is 250 g/mol. The number of rotatable bonds is 3. The quantitative estimate of drug-likeness (QED) is 0.736. The van der Waals surface area contributed by atoms with Crippen molar-refractivity contribution in [3.8, 4) is 0 Å². The third-order valence-corrected chi connectivity index (χ3v) is 5.65. The molecular formula is C14H20P2. The molecule has 2 atom stereocenters. The van der Waals surface area contributed by atoms with E-state index in [9.17, 15) is 0 Å².